The molecule has 0 aliphatic carbocycles. The first kappa shape index (κ1) is 49.7. The minimum atomic E-state index is -1.10. The van der Waals surface area contributed by atoms with Crippen LogP contribution < -0.4 is 37.6 Å². The number of hydrogen-bond acceptors (Lipinski definition) is 9. The summed E-state index contributed by atoms with van der Waals surface area (Å²) in [6.45, 7) is 2.49. The molecule has 6 rings (SSSR count). The van der Waals surface area contributed by atoms with Crippen LogP contribution in [0, 0.1) is 5.41 Å². The topological polar surface area (TPSA) is 213 Å². The van der Waals surface area contributed by atoms with E-state index < -0.39 is 47.0 Å². The highest BCUT2D eigenvalue weighted by Crippen LogP contribution is 2.35. The van der Waals surface area contributed by atoms with Gasteiger partial charge in [-0.05, 0) is 84.6 Å². The number of benzene rings is 4. The lowest BCUT2D eigenvalue weighted by Gasteiger charge is -2.42. The van der Waals surface area contributed by atoms with Crippen molar-refractivity contribution in [2.24, 2.45) is 11.1 Å². The Balaban J connectivity index is 1.29. The average molecular weight is 913 g/mol. The van der Waals surface area contributed by atoms with Gasteiger partial charge in [-0.25, -0.2) is 0 Å². The van der Waals surface area contributed by atoms with Crippen LogP contribution in [0.2, 0.25) is 0 Å². The highest BCUT2D eigenvalue weighted by atomic mass is 16.5. The van der Waals surface area contributed by atoms with Gasteiger partial charge in [0, 0.05) is 57.8 Å². The molecule has 6 amide bonds. The van der Waals surface area contributed by atoms with Gasteiger partial charge in [0.15, 0.2) is 0 Å². The molecule has 15 nitrogen and oxygen atoms in total. The first-order chi connectivity index (χ1) is 32.6. The zero-order chi connectivity index (χ0) is 47.4. The number of rotatable bonds is 14. The summed E-state index contributed by atoms with van der Waals surface area (Å²) in [7, 11) is 1.93. The standard InChI is InChI=1S/C52H64N8O7/c1-54-26-22-37-12-16-40(17-13-37)41-18-14-38(15-19-41)32-45-50(65)57-35-43-11-6-5-10-42(43)33-47(62)58-44(49(64)56-28-31-67-30-25-53)23-27-55-46(61)20-21-48(63)60-29-7-24-52(36-60,51(66)59-45)34-39-8-3-2-4-9-39/h2-6,8-21,44-45,54H,7,22-36,53H2,1H3,(H,55,61)(H,56,64)(H,57,65)(H,58,62)(H,59,66)/b21-20+/t44-,45-,52-/m0/s1. The molecule has 0 saturated carbocycles. The summed E-state index contributed by atoms with van der Waals surface area (Å²) in [5.41, 5.74) is 10.8. The first-order valence-electron chi connectivity index (χ1n) is 23.2. The van der Waals surface area contributed by atoms with Crippen LogP contribution in [0.4, 0.5) is 0 Å². The lowest BCUT2D eigenvalue weighted by molar-refractivity contribution is -0.141. The quantitative estimate of drug-likeness (QED) is 0.0926. The molecule has 2 aliphatic heterocycles. The molecule has 0 spiro atoms. The molecule has 2 bridgehead atoms. The Hall–Kier alpha value is -6.68. The van der Waals surface area contributed by atoms with E-state index in [4.69, 9.17) is 10.5 Å². The minimum absolute atomic E-state index is 0.0165. The van der Waals surface area contributed by atoms with Crippen LogP contribution in [0.3, 0.4) is 0 Å². The van der Waals surface area contributed by atoms with Crippen LogP contribution in [0.5, 0.6) is 0 Å². The number of amides is 6. The normalized spacial score (nSPS) is 20.4. The van der Waals surface area contributed by atoms with Gasteiger partial charge < -0.3 is 47.3 Å². The number of fused-ring (bicyclic) bond motifs is 3. The monoisotopic (exact) mass is 912 g/mol. The fourth-order valence-electron chi connectivity index (χ4n) is 8.54. The Morgan fingerprint density at radius 3 is 2.21 bits per heavy atom. The van der Waals surface area contributed by atoms with Gasteiger partial charge in [-0.15, -0.1) is 0 Å². The number of piperidine rings is 1. The second-order valence-electron chi connectivity index (χ2n) is 17.2. The second kappa shape index (κ2) is 25.3. The van der Waals surface area contributed by atoms with E-state index >= 15 is 0 Å². The number of nitrogens with two attached hydrogens (primary N) is 1. The van der Waals surface area contributed by atoms with Gasteiger partial charge in [-0.3, -0.25) is 28.8 Å². The van der Waals surface area contributed by atoms with Crippen molar-refractivity contribution in [3.63, 3.8) is 0 Å². The largest absolute Gasteiger partial charge is 0.378 e. The Morgan fingerprint density at radius 2 is 1.49 bits per heavy atom. The molecule has 2 aliphatic rings. The molecule has 15 heteroatoms. The van der Waals surface area contributed by atoms with Gasteiger partial charge in [-0.2, -0.15) is 0 Å². The minimum Gasteiger partial charge on any atom is -0.378 e. The summed E-state index contributed by atoms with van der Waals surface area (Å²) in [5.74, 6) is -2.68. The maximum Gasteiger partial charge on any atom is 0.246 e. The van der Waals surface area contributed by atoms with Gasteiger partial charge in [0.25, 0.3) is 0 Å². The van der Waals surface area contributed by atoms with E-state index in [9.17, 15) is 28.8 Å². The number of carbonyl (C=O) groups excluding carboxylic acids is 6. The Morgan fingerprint density at radius 1 is 0.791 bits per heavy atom. The maximum absolute atomic E-state index is 14.9. The van der Waals surface area contributed by atoms with Crippen LogP contribution in [-0.2, 0) is 65.7 Å². The smallest absolute Gasteiger partial charge is 0.246 e. The van der Waals surface area contributed by atoms with Crippen molar-refractivity contribution in [1.82, 2.24) is 36.8 Å². The van der Waals surface area contributed by atoms with Crippen molar-refractivity contribution in [2.75, 3.05) is 59.5 Å². The van der Waals surface area contributed by atoms with E-state index in [1.54, 1.807) is 17.0 Å². The van der Waals surface area contributed by atoms with Crippen molar-refractivity contribution in [3.05, 3.63) is 143 Å². The van der Waals surface area contributed by atoms with Gasteiger partial charge in [0.2, 0.25) is 35.4 Å². The lowest BCUT2D eigenvalue weighted by Crippen LogP contribution is -2.58. The third kappa shape index (κ3) is 14.9. The maximum atomic E-state index is 14.9. The van der Waals surface area contributed by atoms with Gasteiger partial charge in [-0.1, -0.05) is 103 Å². The van der Waals surface area contributed by atoms with Crippen molar-refractivity contribution in [2.45, 2.75) is 63.6 Å². The summed E-state index contributed by atoms with van der Waals surface area (Å²) in [6, 6.07) is 31.2. The highest BCUT2D eigenvalue weighted by Gasteiger charge is 2.44. The SMILES string of the molecule is CNCCc1ccc(-c2ccc(C[C@@H]3NC(=O)[C@]4(Cc5ccccc5)CCCN(C4)C(=O)/C=C/C(=O)NCC[C@@H](C(=O)NCCOCCN)NC(=O)Cc4ccccc4CNC3=O)cc2)cc1. The average Bonchev–Trinajstić information content (AvgIpc) is 3.34. The van der Waals surface area contributed by atoms with Crippen molar-refractivity contribution in [1.29, 1.82) is 0 Å². The molecular formula is C52H64N8O7. The molecule has 4 aromatic rings. The highest BCUT2D eigenvalue weighted by molar-refractivity contribution is 5.97. The predicted octanol–water partition coefficient (Wildman–Crippen LogP) is 2.51. The molecule has 2 heterocycles. The molecule has 354 valence electrons. The molecule has 8 N–H and O–H groups in total. The Kier molecular flexibility index (Phi) is 18.8. The summed E-state index contributed by atoms with van der Waals surface area (Å²) in [4.78, 5) is 84.7. The summed E-state index contributed by atoms with van der Waals surface area (Å²) >= 11 is 0. The zero-order valence-corrected chi connectivity index (χ0v) is 38.3. The van der Waals surface area contributed by atoms with Crippen LogP contribution in [-0.4, -0.2) is 112 Å². The van der Waals surface area contributed by atoms with E-state index in [0.29, 0.717) is 50.1 Å². The molecule has 1 saturated heterocycles. The lowest BCUT2D eigenvalue weighted by atomic mass is 9.74. The number of ether oxygens (including phenoxy) is 1. The predicted molar refractivity (Wildman–Crippen MR) is 257 cm³/mol. The molecule has 0 radical (unpaired) electrons. The number of nitrogens with zero attached hydrogens (tertiary/aromatic N) is 1. The number of hydrogen-bond donors (Lipinski definition) is 7. The third-order valence-corrected chi connectivity index (χ3v) is 12.2. The van der Waals surface area contributed by atoms with E-state index in [2.05, 4.69) is 56.2 Å². The molecule has 3 atom stereocenters. The number of nitrogens with one attached hydrogen (secondary N) is 6. The van der Waals surface area contributed by atoms with E-state index in [1.807, 2.05) is 73.8 Å². The van der Waals surface area contributed by atoms with Gasteiger partial charge >= 0.3 is 0 Å². The molecule has 1 fully saturated rings. The van der Waals surface area contributed by atoms with Crippen LogP contribution in [0.1, 0.15) is 47.1 Å². The summed E-state index contributed by atoms with van der Waals surface area (Å²) in [5, 5.41) is 17.7. The van der Waals surface area contributed by atoms with Crippen LogP contribution in [0.15, 0.2) is 115 Å². The van der Waals surface area contributed by atoms with Gasteiger partial charge in [0.05, 0.1) is 25.0 Å². The molecule has 4 aromatic carbocycles. The Labute approximate surface area is 393 Å². The van der Waals surface area contributed by atoms with E-state index in [1.165, 1.54) is 11.6 Å². The van der Waals surface area contributed by atoms with E-state index in [0.717, 1.165) is 41.3 Å². The van der Waals surface area contributed by atoms with Crippen molar-refractivity contribution >= 4 is 35.4 Å². The fourth-order valence-corrected chi connectivity index (χ4v) is 8.54. The van der Waals surface area contributed by atoms with E-state index in [-0.39, 0.29) is 58.0 Å². The van der Waals surface area contributed by atoms with Gasteiger partial charge in [0.1, 0.15) is 12.1 Å². The first-order valence-corrected chi connectivity index (χ1v) is 23.2. The number of likely N-dealkylation sites (N-methyl/N-ethyl adjacent to an activating group) is 1. The molecule has 67 heavy (non-hydrogen) atoms. The van der Waals surface area contributed by atoms with Crippen LogP contribution >= 0.6 is 0 Å². The fraction of sp³-hybridized carbons (Fsp3) is 0.385. The zero-order valence-electron chi connectivity index (χ0n) is 38.3. The summed E-state index contributed by atoms with van der Waals surface area (Å²) in [6.07, 6.45) is 4.67. The number of carbonyl (C=O) groups is 6. The van der Waals surface area contributed by atoms with Crippen molar-refractivity contribution in [3.8, 4) is 11.1 Å². The molecular weight excluding hydrogens is 849 g/mol. The second-order valence-corrected chi connectivity index (χ2v) is 17.2. The Bertz CT molecular complexity index is 2320. The third-order valence-electron chi connectivity index (χ3n) is 12.2. The summed E-state index contributed by atoms with van der Waals surface area (Å²) < 4.78 is 5.38. The van der Waals surface area contributed by atoms with Crippen molar-refractivity contribution < 1.29 is 33.5 Å². The van der Waals surface area contributed by atoms with Crippen LogP contribution in [0.25, 0.3) is 11.1 Å². The molecule has 0 unspecified atom stereocenters. The molecule has 0 aromatic heterocycles.